The Kier molecular flexibility index (Phi) is 7.14. The van der Waals surface area contributed by atoms with Crippen LogP contribution in [-0.2, 0) is 9.53 Å². The largest absolute Gasteiger partial charge is 0.459 e. The fraction of sp³-hybridized carbons (Fsp3) is 0.400. The Morgan fingerprint density at radius 1 is 1.11 bits per heavy atom. The van der Waals surface area contributed by atoms with E-state index in [1.54, 1.807) is 20.8 Å². The predicted molar refractivity (Wildman–Crippen MR) is 141 cm³/mol. The third kappa shape index (κ3) is 5.04. The molecule has 1 amide bonds. The summed E-state index contributed by atoms with van der Waals surface area (Å²) in [5.41, 5.74) is 5.81. The van der Waals surface area contributed by atoms with Gasteiger partial charge in [-0.05, 0) is 71.2 Å². The van der Waals surface area contributed by atoms with E-state index in [0.717, 1.165) is 39.0 Å². The number of nitrogens with one attached hydrogen (secondary N) is 1. The van der Waals surface area contributed by atoms with Crippen molar-refractivity contribution >= 4 is 56.7 Å². The molecule has 0 saturated heterocycles. The second-order valence-corrected chi connectivity index (χ2v) is 11.0. The number of hydrogen-bond acceptors (Lipinski definition) is 8. The second-order valence-electron chi connectivity index (χ2n) is 8.87. The minimum atomic E-state index is -0.431. The van der Waals surface area contributed by atoms with Crippen LogP contribution in [0, 0.1) is 27.7 Å². The number of thiazole rings is 1. The number of carbonyl (C=O) groups is 2. The highest BCUT2D eigenvalue weighted by atomic mass is 32.2. The number of rotatable bonds is 7. The summed E-state index contributed by atoms with van der Waals surface area (Å²) in [6.45, 7) is 13.5. The quantitative estimate of drug-likeness (QED) is 0.253. The molecule has 1 atom stereocenters. The number of anilines is 1. The molecule has 1 unspecified atom stereocenters. The van der Waals surface area contributed by atoms with Crippen molar-refractivity contribution in [2.45, 2.75) is 71.4 Å². The molecule has 0 fully saturated rings. The van der Waals surface area contributed by atoms with Gasteiger partial charge in [0.2, 0.25) is 5.91 Å². The van der Waals surface area contributed by atoms with E-state index in [0.29, 0.717) is 27.3 Å². The summed E-state index contributed by atoms with van der Waals surface area (Å²) in [6, 6.07) is 6.34. The second kappa shape index (κ2) is 9.94. The molecule has 0 aliphatic heterocycles. The van der Waals surface area contributed by atoms with E-state index in [2.05, 4.69) is 53.4 Å². The van der Waals surface area contributed by atoms with Gasteiger partial charge in [0.1, 0.15) is 4.88 Å². The van der Waals surface area contributed by atoms with Gasteiger partial charge in [0.25, 0.3) is 0 Å². The molecular weight excluding hydrogens is 482 g/mol. The van der Waals surface area contributed by atoms with Crippen molar-refractivity contribution in [3.63, 3.8) is 0 Å². The number of esters is 1. The van der Waals surface area contributed by atoms with E-state index in [-0.39, 0.29) is 12.0 Å². The van der Waals surface area contributed by atoms with Crippen LogP contribution in [0.4, 0.5) is 5.13 Å². The van der Waals surface area contributed by atoms with Gasteiger partial charge in [-0.15, -0.1) is 10.2 Å². The molecule has 3 heterocycles. The molecule has 1 N–H and O–H groups in total. The highest BCUT2D eigenvalue weighted by Gasteiger charge is 2.25. The third-order valence-corrected chi connectivity index (χ3v) is 7.92. The number of aromatic nitrogens is 4. The molecule has 4 rings (SSSR count). The van der Waals surface area contributed by atoms with E-state index in [9.17, 15) is 9.59 Å². The molecule has 3 aromatic heterocycles. The van der Waals surface area contributed by atoms with Crippen LogP contribution < -0.4 is 5.32 Å². The van der Waals surface area contributed by atoms with Crippen LogP contribution in [0.15, 0.2) is 23.4 Å². The molecule has 0 aliphatic carbocycles. The van der Waals surface area contributed by atoms with Crippen molar-refractivity contribution < 1.29 is 14.3 Å². The van der Waals surface area contributed by atoms with Gasteiger partial charge < -0.3 is 10.1 Å². The zero-order chi connectivity index (χ0) is 25.4. The van der Waals surface area contributed by atoms with Crippen LogP contribution >= 0.6 is 23.1 Å². The smallest absolute Gasteiger partial charge is 0.350 e. The Bertz CT molecular complexity index is 1440. The topological polar surface area (TPSA) is 98.5 Å². The maximum absolute atomic E-state index is 13.2. The number of ether oxygens (including phenoxy) is 1. The van der Waals surface area contributed by atoms with Crippen molar-refractivity contribution in [1.82, 2.24) is 19.6 Å². The number of nitrogens with zero attached hydrogens (tertiary/aromatic N) is 4. The lowest BCUT2D eigenvalue weighted by molar-refractivity contribution is -0.115. The summed E-state index contributed by atoms with van der Waals surface area (Å²) in [5, 5.41) is 13.4. The first-order chi connectivity index (χ1) is 16.6. The van der Waals surface area contributed by atoms with Crippen LogP contribution in [0.25, 0.3) is 16.6 Å². The van der Waals surface area contributed by atoms with Gasteiger partial charge in [0.05, 0.1) is 22.6 Å². The average molecular weight is 512 g/mol. The maximum atomic E-state index is 13.2. The lowest BCUT2D eigenvalue weighted by Gasteiger charge is -2.14. The lowest BCUT2D eigenvalue weighted by atomic mass is 10.0. The van der Waals surface area contributed by atoms with Crippen molar-refractivity contribution in [1.29, 1.82) is 0 Å². The Morgan fingerprint density at radius 3 is 2.54 bits per heavy atom. The van der Waals surface area contributed by atoms with E-state index < -0.39 is 11.2 Å². The molecule has 10 heteroatoms. The lowest BCUT2D eigenvalue weighted by Crippen LogP contribution is -2.24. The van der Waals surface area contributed by atoms with Crippen molar-refractivity contribution in [2.24, 2.45) is 0 Å². The van der Waals surface area contributed by atoms with Gasteiger partial charge in [0, 0.05) is 5.39 Å². The van der Waals surface area contributed by atoms with Gasteiger partial charge in [-0.3, -0.25) is 9.20 Å². The monoisotopic (exact) mass is 511 g/mol. The number of pyridine rings is 1. The minimum Gasteiger partial charge on any atom is -0.459 e. The fourth-order valence-corrected chi connectivity index (χ4v) is 5.85. The van der Waals surface area contributed by atoms with Gasteiger partial charge in [-0.25, -0.2) is 9.78 Å². The Hall–Kier alpha value is -2.98. The first-order valence-electron chi connectivity index (χ1n) is 11.5. The van der Waals surface area contributed by atoms with Crippen molar-refractivity contribution in [3.05, 3.63) is 45.5 Å². The maximum Gasteiger partial charge on any atom is 0.350 e. The first kappa shape index (κ1) is 25.1. The number of thioether (sulfide) groups is 1. The van der Waals surface area contributed by atoms with Crippen LogP contribution in [0.5, 0.6) is 0 Å². The zero-order valence-corrected chi connectivity index (χ0v) is 22.6. The first-order valence-corrected chi connectivity index (χ1v) is 13.2. The molecule has 184 valence electrons. The van der Waals surface area contributed by atoms with Crippen LogP contribution in [-0.4, -0.2) is 42.8 Å². The highest BCUT2D eigenvalue weighted by Crippen LogP contribution is 2.32. The van der Waals surface area contributed by atoms with Crippen LogP contribution in [0.1, 0.15) is 59.2 Å². The Morgan fingerprint density at radius 2 is 1.86 bits per heavy atom. The van der Waals surface area contributed by atoms with Gasteiger partial charge in [0.15, 0.2) is 15.9 Å². The third-order valence-electron chi connectivity index (χ3n) is 5.56. The number of carbonyl (C=O) groups excluding carboxylic acids is 2. The average Bonchev–Trinajstić information content (AvgIpc) is 3.34. The van der Waals surface area contributed by atoms with Crippen molar-refractivity contribution in [3.8, 4) is 0 Å². The molecule has 0 radical (unpaired) electrons. The van der Waals surface area contributed by atoms with E-state index in [1.807, 2.05) is 17.4 Å². The fourth-order valence-electron chi connectivity index (χ4n) is 4.03. The van der Waals surface area contributed by atoms with Gasteiger partial charge >= 0.3 is 5.97 Å². The van der Waals surface area contributed by atoms with Gasteiger partial charge in [-0.2, -0.15) is 0 Å². The zero-order valence-electron chi connectivity index (χ0n) is 20.9. The number of fused-ring (bicyclic) bond motifs is 3. The van der Waals surface area contributed by atoms with E-state index >= 15 is 0 Å². The standard InChI is InChI=1S/C25H29N5O3S2/c1-8-18(22(31)27-24-26-16(7)21(35-24)23(32)33-12(2)3)34-25-29-28-19-11-14(5)17-10-13(4)9-15(6)20(17)30(19)25/h9-12,18H,8H2,1-7H3,(H,26,27,31). The van der Waals surface area contributed by atoms with E-state index in [1.165, 1.54) is 17.3 Å². The molecule has 0 aliphatic rings. The number of hydrogen-bond donors (Lipinski definition) is 1. The summed E-state index contributed by atoms with van der Waals surface area (Å²) in [4.78, 5) is 30.2. The number of benzene rings is 1. The van der Waals surface area contributed by atoms with Crippen molar-refractivity contribution in [2.75, 3.05) is 5.32 Å². The molecule has 35 heavy (non-hydrogen) atoms. The highest BCUT2D eigenvalue weighted by molar-refractivity contribution is 8.00. The normalized spacial score (nSPS) is 12.5. The molecule has 0 spiro atoms. The summed E-state index contributed by atoms with van der Waals surface area (Å²) in [7, 11) is 0. The summed E-state index contributed by atoms with van der Waals surface area (Å²) >= 11 is 2.50. The van der Waals surface area contributed by atoms with Crippen LogP contribution in [0.3, 0.4) is 0 Å². The van der Waals surface area contributed by atoms with Gasteiger partial charge in [-0.1, -0.05) is 41.7 Å². The number of amides is 1. The molecule has 0 bridgehead atoms. The summed E-state index contributed by atoms with van der Waals surface area (Å²) < 4.78 is 7.31. The SMILES string of the molecule is CCC(Sc1nnc2cc(C)c3cc(C)cc(C)c3n12)C(=O)Nc1nc(C)c(C(=O)OC(C)C)s1. The summed E-state index contributed by atoms with van der Waals surface area (Å²) in [6.07, 6.45) is 0.355. The minimum absolute atomic E-state index is 0.198. The molecule has 4 aromatic rings. The van der Waals surface area contributed by atoms with E-state index in [4.69, 9.17) is 4.74 Å². The molecule has 0 saturated carbocycles. The molecule has 8 nitrogen and oxygen atoms in total. The Balaban J connectivity index is 1.62. The van der Waals surface area contributed by atoms with Crippen LogP contribution in [0.2, 0.25) is 0 Å². The number of aryl methyl sites for hydroxylation is 4. The predicted octanol–water partition coefficient (Wildman–Crippen LogP) is 5.65. The molecular formula is C25H29N5O3S2. The summed E-state index contributed by atoms with van der Waals surface area (Å²) in [5.74, 6) is -0.629. The molecule has 1 aromatic carbocycles. The Labute approximate surface area is 212 Å².